The van der Waals surface area contributed by atoms with E-state index in [1.165, 1.54) is 7.11 Å². The Bertz CT molecular complexity index is 499. The molecular weight excluding hydrogens is 240 g/mol. The molecule has 1 fully saturated rings. The average Bonchev–Trinajstić information content (AvgIpc) is 2.48. The molecule has 1 saturated carbocycles. The minimum Gasteiger partial charge on any atom is -0.496 e. The fourth-order valence-electron chi connectivity index (χ4n) is 2.54. The van der Waals surface area contributed by atoms with Gasteiger partial charge in [0.25, 0.3) is 5.91 Å². The summed E-state index contributed by atoms with van der Waals surface area (Å²) in [6, 6.07) is 9.34. The van der Waals surface area contributed by atoms with Gasteiger partial charge in [-0.25, -0.2) is 0 Å². The van der Waals surface area contributed by atoms with Gasteiger partial charge in [0.1, 0.15) is 11.3 Å². The minimum atomic E-state index is -0.712. The molecule has 100 valence electrons. The van der Waals surface area contributed by atoms with Crippen LogP contribution in [0, 0.1) is 11.3 Å². The summed E-state index contributed by atoms with van der Waals surface area (Å²) in [5, 5.41) is 12.3. The number of methoxy groups -OCH3 is 1. The predicted molar refractivity (Wildman–Crippen MR) is 71.9 cm³/mol. The van der Waals surface area contributed by atoms with Gasteiger partial charge in [0.2, 0.25) is 0 Å². The molecule has 1 aromatic carbocycles. The molecule has 1 aromatic rings. The van der Waals surface area contributed by atoms with Gasteiger partial charge >= 0.3 is 0 Å². The van der Waals surface area contributed by atoms with Crippen LogP contribution >= 0.6 is 0 Å². The molecule has 0 atom stereocenters. The summed E-state index contributed by atoms with van der Waals surface area (Å²) in [5.74, 6) is 0.296. The molecule has 0 radical (unpaired) electrons. The van der Waals surface area contributed by atoms with Crippen molar-refractivity contribution >= 4 is 5.91 Å². The molecule has 0 saturated heterocycles. The monoisotopic (exact) mass is 258 g/mol. The first kappa shape index (κ1) is 13.4. The van der Waals surface area contributed by atoms with Gasteiger partial charge in [-0.05, 0) is 25.0 Å². The summed E-state index contributed by atoms with van der Waals surface area (Å²) in [6.45, 7) is 0. The summed E-state index contributed by atoms with van der Waals surface area (Å²) in [4.78, 5) is 12.3. The second-order valence-electron chi connectivity index (χ2n) is 4.91. The minimum absolute atomic E-state index is 0.235. The van der Waals surface area contributed by atoms with Crippen molar-refractivity contribution in [2.24, 2.45) is 0 Å². The van der Waals surface area contributed by atoms with Crippen molar-refractivity contribution in [2.75, 3.05) is 7.11 Å². The average molecular weight is 258 g/mol. The normalized spacial score (nSPS) is 17.3. The number of hydrogen-bond donors (Lipinski definition) is 1. The smallest absolute Gasteiger partial charge is 0.256 e. The van der Waals surface area contributed by atoms with E-state index in [9.17, 15) is 10.1 Å². The lowest BCUT2D eigenvalue weighted by Gasteiger charge is -2.31. The topological polar surface area (TPSA) is 62.1 Å². The summed E-state index contributed by atoms with van der Waals surface area (Å²) in [5.41, 5.74) is -0.235. The van der Waals surface area contributed by atoms with E-state index in [-0.39, 0.29) is 5.91 Å². The molecule has 2 rings (SSSR count). The summed E-state index contributed by atoms with van der Waals surface area (Å²) < 4.78 is 5.18. The highest BCUT2D eigenvalue weighted by atomic mass is 16.5. The van der Waals surface area contributed by atoms with Gasteiger partial charge in [0.05, 0.1) is 18.7 Å². The van der Waals surface area contributed by atoms with Crippen LogP contribution in [0.1, 0.15) is 42.5 Å². The molecule has 0 heterocycles. The zero-order valence-corrected chi connectivity index (χ0v) is 11.1. The Labute approximate surface area is 113 Å². The lowest BCUT2D eigenvalue weighted by Crippen LogP contribution is -2.48. The number of benzene rings is 1. The number of ether oxygens (including phenoxy) is 1. The number of nitriles is 1. The molecule has 4 heteroatoms. The Morgan fingerprint density at radius 1 is 1.32 bits per heavy atom. The van der Waals surface area contributed by atoms with Gasteiger partial charge in [-0.15, -0.1) is 0 Å². The van der Waals surface area contributed by atoms with Gasteiger partial charge in [0.15, 0.2) is 0 Å². The van der Waals surface area contributed by atoms with E-state index in [0.717, 1.165) is 32.1 Å². The molecule has 0 unspecified atom stereocenters. The summed E-state index contributed by atoms with van der Waals surface area (Å²) in [6.07, 6.45) is 4.56. The molecule has 1 aliphatic carbocycles. The number of rotatable bonds is 3. The third-order valence-corrected chi connectivity index (χ3v) is 3.63. The Morgan fingerprint density at radius 3 is 2.63 bits per heavy atom. The van der Waals surface area contributed by atoms with Gasteiger partial charge in [0, 0.05) is 0 Å². The Kier molecular flexibility index (Phi) is 4.06. The summed E-state index contributed by atoms with van der Waals surface area (Å²) in [7, 11) is 1.53. The molecule has 4 nitrogen and oxygen atoms in total. The van der Waals surface area contributed by atoms with Crippen LogP contribution in [0.25, 0.3) is 0 Å². The zero-order valence-electron chi connectivity index (χ0n) is 11.1. The van der Waals surface area contributed by atoms with Crippen LogP contribution < -0.4 is 10.1 Å². The van der Waals surface area contributed by atoms with Crippen LogP contribution in [0.2, 0.25) is 0 Å². The second kappa shape index (κ2) is 5.75. The van der Waals surface area contributed by atoms with E-state index in [4.69, 9.17) is 4.74 Å². The third-order valence-electron chi connectivity index (χ3n) is 3.63. The third kappa shape index (κ3) is 2.87. The SMILES string of the molecule is COc1ccccc1C(=O)NC1(C#N)CCCCC1. The van der Waals surface area contributed by atoms with Crippen LogP contribution in [0.4, 0.5) is 0 Å². The molecule has 0 aromatic heterocycles. The van der Waals surface area contributed by atoms with Gasteiger partial charge < -0.3 is 10.1 Å². The Hall–Kier alpha value is -2.02. The van der Waals surface area contributed by atoms with Gasteiger partial charge in [-0.3, -0.25) is 4.79 Å². The maximum atomic E-state index is 12.3. The maximum absolute atomic E-state index is 12.3. The first-order valence-corrected chi connectivity index (χ1v) is 6.57. The lowest BCUT2D eigenvalue weighted by molar-refractivity contribution is 0.0899. The number of nitrogens with one attached hydrogen (secondary N) is 1. The van der Waals surface area contributed by atoms with Crippen molar-refractivity contribution in [1.29, 1.82) is 5.26 Å². The summed E-state index contributed by atoms with van der Waals surface area (Å²) >= 11 is 0. The molecule has 1 aliphatic rings. The van der Waals surface area contributed by atoms with Crippen molar-refractivity contribution in [3.05, 3.63) is 29.8 Å². The second-order valence-corrected chi connectivity index (χ2v) is 4.91. The maximum Gasteiger partial charge on any atom is 0.256 e. The van der Waals surface area contributed by atoms with Crippen molar-refractivity contribution in [1.82, 2.24) is 5.32 Å². The first-order valence-electron chi connectivity index (χ1n) is 6.57. The van der Waals surface area contributed by atoms with Gasteiger partial charge in [-0.2, -0.15) is 5.26 Å². The Morgan fingerprint density at radius 2 is 2.00 bits per heavy atom. The zero-order chi connectivity index (χ0) is 13.7. The lowest BCUT2D eigenvalue weighted by atomic mass is 9.82. The number of para-hydroxylation sites is 1. The fourth-order valence-corrected chi connectivity index (χ4v) is 2.54. The molecule has 0 aliphatic heterocycles. The number of amides is 1. The van der Waals surface area contributed by atoms with Crippen LogP contribution in [-0.2, 0) is 0 Å². The van der Waals surface area contributed by atoms with E-state index in [0.29, 0.717) is 11.3 Å². The highest BCUT2D eigenvalue weighted by Gasteiger charge is 2.34. The van der Waals surface area contributed by atoms with Crippen molar-refractivity contribution in [3.63, 3.8) is 0 Å². The van der Waals surface area contributed by atoms with Crippen molar-refractivity contribution < 1.29 is 9.53 Å². The fraction of sp³-hybridized carbons (Fsp3) is 0.467. The Balaban J connectivity index is 2.18. The molecule has 1 amide bonds. The quantitative estimate of drug-likeness (QED) is 0.906. The molecule has 19 heavy (non-hydrogen) atoms. The highest BCUT2D eigenvalue weighted by molar-refractivity contribution is 5.97. The van der Waals surface area contributed by atoms with Crippen LogP contribution in [-0.4, -0.2) is 18.6 Å². The van der Waals surface area contributed by atoms with Crippen molar-refractivity contribution in [2.45, 2.75) is 37.6 Å². The van der Waals surface area contributed by atoms with E-state index in [1.54, 1.807) is 18.2 Å². The number of carbonyl (C=O) groups excluding carboxylic acids is 1. The van der Waals surface area contributed by atoms with E-state index < -0.39 is 5.54 Å². The van der Waals surface area contributed by atoms with Crippen LogP contribution in [0.5, 0.6) is 5.75 Å². The van der Waals surface area contributed by atoms with Crippen LogP contribution in [0.3, 0.4) is 0 Å². The van der Waals surface area contributed by atoms with E-state index >= 15 is 0 Å². The molecular formula is C15H18N2O2. The standard InChI is InChI=1S/C15H18N2O2/c1-19-13-8-4-3-7-12(13)14(18)17-15(11-16)9-5-2-6-10-15/h3-4,7-8H,2,5-6,9-10H2,1H3,(H,17,18). The number of hydrogen-bond acceptors (Lipinski definition) is 3. The van der Waals surface area contributed by atoms with Crippen LogP contribution in [0.15, 0.2) is 24.3 Å². The van der Waals surface area contributed by atoms with E-state index in [1.807, 2.05) is 6.07 Å². The molecule has 0 spiro atoms. The number of nitrogens with zero attached hydrogens (tertiary/aromatic N) is 1. The molecule has 1 N–H and O–H groups in total. The number of carbonyl (C=O) groups is 1. The highest BCUT2D eigenvalue weighted by Crippen LogP contribution is 2.28. The first-order chi connectivity index (χ1) is 9.21. The molecule has 0 bridgehead atoms. The van der Waals surface area contributed by atoms with Crippen molar-refractivity contribution in [3.8, 4) is 11.8 Å². The van der Waals surface area contributed by atoms with Gasteiger partial charge in [-0.1, -0.05) is 31.4 Å². The largest absolute Gasteiger partial charge is 0.496 e. The predicted octanol–water partition coefficient (Wildman–Crippen LogP) is 2.65. The van der Waals surface area contributed by atoms with E-state index in [2.05, 4.69) is 11.4 Å².